The van der Waals surface area contributed by atoms with E-state index in [0.717, 1.165) is 28.5 Å². The van der Waals surface area contributed by atoms with E-state index in [1.165, 1.54) is 0 Å². The maximum atomic E-state index is 13.0. The normalized spacial score (nSPS) is 21.6. The molecule has 0 spiro atoms. The number of thiocarbonyl (C=S) groups is 1. The Morgan fingerprint density at radius 3 is 2.41 bits per heavy atom. The Kier molecular flexibility index (Phi) is 4.97. The van der Waals surface area contributed by atoms with Crippen LogP contribution >= 0.6 is 24.0 Å². The van der Waals surface area contributed by atoms with Crippen molar-refractivity contribution in [2.75, 3.05) is 24.4 Å². The minimum absolute atomic E-state index is 0.0328. The molecule has 2 aliphatic rings. The summed E-state index contributed by atoms with van der Waals surface area (Å²) in [6, 6.07) is 15.2. The third kappa shape index (κ3) is 3.15. The smallest absolute Gasteiger partial charge is 0.257 e. The Labute approximate surface area is 168 Å². The summed E-state index contributed by atoms with van der Waals surface area (Å²) in [6.45, 7) is 2.61. The SMILES string of the molecule is CCOc1ccc([C@@H]2SC[C@H]3C(=O)N(c4ccc(OC)cc4)C(=S)N32)cc1. The van der Waals surface area contributed by atoms with Crippen molar-refractivity contribution in [3.8, 4) is 11.5 Å². The second kappa shape index (κ2) is 7.40. The molecular formula is C20H20N2O3S2. The molecule has 2 fully saturated rings. The lowest BCUT2D eigenvalue weighted by atomic mass is 10.2. The molecule has 2 atom stereocenters. The number of ether oxygens (including phenoxy) is 2. The lowest BCUT2D eigenvalue weighted by Crippen LogP contribution is -2.33. The van der Waals surface area contributed by atoms with E-state index >= 15 is 0 Å². The molecule has 4 rings (SSSR count). The Bertz CT molecular complexity index is 855. The van der Waals surface area contributed by atoms with E-state index in [2.05, 4.69) is 4.90 Å². The maximum Gasteiger partial charge on any atom is 0.257 e. The topological polar surface area (TPSA) is 42.0 Å². The highest BCUT2D eigenvalue weighted by Gasteiger charge is 2.50. The van der Waals surface area contributed by atoms with Gasteiger partial charge in [-0.2, -0.15) is 0 Å². The van der Waals surface area contributed by atoms with E-state index in [-0.39, 0.29) is 17.3 Å². The summed E-state index contributed by atoms with van der Waals surface area (Å²) >= 11 is 7.45. The molecule has 0 bridgehead atoms. The second-order valence-corrected chi connectivity index (χ2v) is 7.74. The first-order valence-electron chi connectivity index (χ1n) is 8.78. The first-order chi connectivity index (χ1) is 13.1. The maximum absolute atomic E-state index is 13.0. The van der Waals surface area contributed by atoms with Crippen molar-refractivity contribution < 1.29 is 14.3 Å². The molecule has 7 heteroatoms. The zero-order chi connectivity index (χ0) is 19.0. The fourth-order valence-electron chi connectivity index (χ4n) is 3.41. The standard InChI is InChI=1S/C20H20N2O3S2/c1-3-25-16-8-4-13(5-9-16)19-22-17(12-27-19)18(23)21(20(22)26)14-6-10-15(24-2)11-7-14/h4-11,17,19H,3,12H2,1-2H3/t17-,19-/m0/s1. The number of benzene rings is 2. The average molecular weight is 401 g/mol. The van der Waals surface area contributed by atoms with Gasteiger partial charge in [-0.3, -0.25) is 9.69 Å². The van der Waals surface area contributed by atoms with Crippen molar-refractivity contribution >= 4 is 40.7 Å². The van der Waals surface area contributed by atoms with Crippen LogP contribution in [0.4, 0.5) is 5.69 Å². The lowest BCUT2D eigenvalue weighted by Gasteiger charge is -2.25. The predicted molar refractivity (Wildman–Crippen MR) is 112 cm³/mol. The molecule has 27 heavy (non-hydrogen) atoms. The van der Waals surface area contributed by atoms with Crippen molar-refractivity contribution in [2.24, 2.45) is 0 Å². The first kappa shape index (κ1) is 18.1. The Morgan fingerprint density at radius 2 is 1.78 bits per heavy atom. The predicted octanol–water partition coefficient (Wildman–Crippen LogP) is 3.84. The largest absolute Gasteiger partial charge is 0.497 e. The Morgan fingerprint density at radius 1 is 1.11 bits per heavy atom. The number of methoxy groups -OCH3 is 1. The molecule has 0 saturated carbocycles. The highest BCUT2D eigenvalue weighted by molar-refractivity contribution is 7.99. The molecule has 0 N–H and O–H groups in total. The third-order valence-corrected chi connectivity index (χ3v) is 6.44. The monoisotopic (exact) mass is 400 g/mol. The van der Waals surface area contributed by atoms with Crippen molar-refractivity contribution in [3.63, 3.8) is 0 Å². The number of carbonyl (C=O) groups is 1. The quantitative estimate of drug-likeness (QED) is 0.711. The van der Waals surface area contributed by atoms with Crippen LogP contribution in [0.2, 0.25) is 0 Å². The fraction of sp³-hybridized carbons (Fsp3) is 0.300. The number of hydrogen-bond donors (Lipinski definition) is 0. The third-order valence-electron chi connectivity index (χ3n) is 4.72. The first-order valence-corrected chi connectivity index (χ1v) is 10.2. The van der Waals surface area contributed by atoms with E-state index in [4.69, 9.17) is 21.7 Å². The van der Waals surface area contributed by atoms with Crippen molar-refractivity contribution in [1.29, 1.82) is 0 Å². The van der Waals surface area contributed by atoms with Crippen LogP contribution in [0.3, 0.4) is 0 Å². The van der Waals surface area contributed by atoms with E-state index in [9.17, 15) is 4.79 Å². The van der Waals surface area contributed by atoms with Gasteiger partial charge in [0.05, 0.1) is 19.4 Å². The average Bonchev–Trinajstić information content (AvgIpc) is 3.23. The van der Waals surface area contributed by atoms with E-state index in [1.54, 1.807) is 23.8 Å². The van der Waals surface area contributed by atoms with Crippen LogP contribution in [0.25, 0.3) is 0 Å². The van der Waals surface area contributed by atoms with E-state index in [1.807, 2.05) is 55.5 Å². The molecule has 0 unspecified atom stereocenters. The summed E-state index contributed by atoms with van der Waals surface area (Å²) in [5.74, 6) is 2.36. The van der Waals surface area contributed by atoms with Gasteiger partial charge in [0.1, 0.15) is 22.9 Å². The molecule has 2 heterocycles. The fourth-order valence-corrected chi connectivity index (χ4v) is 5.33. The van der Waals surface area contributed by atoms with Gasteiger partial charge in [-0.1, -0.05) is 12.1 Å². The van der Waals surface area contributed by atoms with Gasteiger partial charge in [-0.05, 0) is 61.1 Å². The number of thioether (sulfide) groups is 1. The van der Waals surface area contributed by atoms with Gasteiger partial charge >= 0.3 is 0 Å². The van der Waals surface area contributed by atoms with Crippen LogP contribution in [-0.4, -0.2) is 41.4 Å². The Balaban J connectivity index is 1.59. The number of amides is 1. The number of anilines is 1. The van der Waals surface area contributed by atoms with Crippen LogP contribution < -0.4 is 14.4 Å². The molecule has 0 aliphatic carbocycles. The number of rotatable bonds is 5. The zero-order valence-corrected chi connectivity index (χ0v) is 16.8. The second-order valence-electron chi connectivity index (χ2n) is 6.27. The number of fused-ring (bicyclic) bond motifs is 1. The highest BCUT2D eigenvalue weighted by Crippen LogP contribution is 2.46. The van der Waals surface area contributed by atoms with Gasteiger partial charge < -0.3 is 14.4 Å². The molecule has 2 aromatic carbocycles. The van der Waals surface area contributed by atoms with Gasteiger partial charge in [0.25, 0.3) is 5.91 Å². The molecule has 0 radical (unpaired) electrons. The molecule has 2 aromatic rings. The summed E-state index contributed by atoms with van der Waals surface area (Å²) in [7, 11) is 1.62. The minimum atomic E-state index is -0.221. The summed E-state index contributed by atoms with van der Waals surface area (Å²) in [5.41, 5.74) is 1.90. The van der Waals surface area contributed by atoms with Crippen molar-refractivity contribution in [2.45, 2.75) is 18.3 Å². The van der Waals surface area contributed by atoms with Crippen LogP contribution in [0, 0.1) is 0 Å². The number of hydrogen-bond acceptors (Lipinski definition) is 5. The van der Waals surface area contributed by atoms with Crippen molar-refractivity contribution in [1.82, 2.24) is 4.90 Å². The van der Waals surface area contributed by atoms with Crippen LogP contribution in [0.1, 0.15) is 17.9 Å². The van der Waals surface area contributed by atoms with E-state index < -0.39 is 0 Å². The molecule has 2 aliphatic heterocycles. The summed E-state index contributed by atoms with van der Waals surface area (Å²) in [5, 5.41) is 0.587. The minimum Gasteiger partial charge on any atom is -0.497 e. The van der Waals surface area contributed by atoms with Gasteiger partial charge in [-0.15, -0.1) is 11.8 Å². The molecule has 1 amide bonds. The van der Waals surface area contributed by atoms with Gasteiger partial charge in [-0.25, -0.2) is 0 Å². The molecule has 5 nitrogen and oxygen atoms in total. The molecule has 0 aromatic heterocycles. The molecular weight excluding hydrogens is 380 g/mol. The summed E-state index contributed by atoms with van der Waals surface area (Å²) in [6.07, 6.45) is 0. The molecule has 140 valence electrons. The lowest BCUT2D eigenvalue weighted by molar-refractivity contribution is -0.119. The Hall–Kier alpha value is -2.25. The van der Waals surface area contributed by atoms with Crippen molar-refractivity contribution in [3.05, 3.63) is 54.1 Å². The van der Waals surface area contributed by atoms with Crippen LogP contribution in [0.5, 0.6) is 11.5 Å². The van der Waals surface area contributed by atoms with E-state index in [0.29, 0.717) is 11.7 Å². The number of nitrogens with zero attached hydrogens (tertiary/aromatic N) is 2. The van der Waals surface area contributed by atoms with Crippen LogP contribution in [0.15, 0.2) is 48.5 Å². The van der Waals surface area contributed by atoms with Gasteiger partial charge in [0, 0.05) is 5.75 Å². The number of carbonyl (C=O) groups excluding carboxylic acids is 1. The summed E-state index contributed by atoms with van der Waals surface area (Å²) in [4.78, 5) is 16.7. The van der Waals surface area contributed by atoms with Gasteiger partial charge in [0.2, 0.25) is 0 Å². The highest BCUT2D eigenvalue weighted by atomic mass is 32.2. The van der Waals surface area contributed by atoms with Gasteiger partial charge in [0.15, 0.2) is 5.11 Å². The van der Waals surface area contributed by atoms with Crippen LogP contribution in [-0.2, 0) is 4.79 Å². The molecule has 2 saturated heterocycles. The zero-order valence-electron chi connectivity index (χ0n) is 15.1. The summed E-state index contributed by atoms with van der Waals surface area (Å²) < 4.78 is 10.7.